The summed E-state index contributed by atoms with van der Waals surface area (Å²) in [5, 5.41) is 8.62. The van der Waals surface area contributed by atoms with Gasteiger partial charge in [-0.15, -0.1) is 0 Å². The summed E-state index contributed by atoms with van der Waals surface area (Å²) < 4.78 is 2.89. The van der Waals surface area contributed by atoms with Crippen molar-refractivity contribution in [1.82, 2.24) is 9.55 Å². The van der Waals surface area contributed by atoms with Gasteiger partial charge in [0.2, 0.25) is 0 Å². The van der Waals surface area contributed by atoms with Crippen molar-refractivity contribution in [3.63, 3.8) is 0 Å². The third-order valence-corrected chi connectivity index (χ3v) is 2.68. The maximum atomic E-state index is 8.62. The fraction of sp³-hybridized carbons (Fsp3) is 0.429. The number of fused-ring (bicyclic) bond motifs is 1. The summed E-state index contributed by atoms with van der Waals surface area (Å²) in [4.78, 5) is 4.16. The molecule has 0 unspecified atom stereocenters. The SMILES string of the molecule is N#Cc1nc2n(c1Br)CCC2. The van der Waals surface area contributed by atoms with Crippen molar-refractivity contribution in [2.75, 3.05) is 0 Å². The minimum absolute atomic E-state index is 0.514. The van der Waals surface area contributed by atoms with Crippen LogP contribution in [0.5, 0.6) is 0 Å². The Balaban J connectivity index is 2.60. The van der Waals surface area contributed by atoms with Gasteiger partial charge in [0.1, 0.15) is 16.5 Å². The summed E-state index contributed by atoms with van der Waals surface area (Å²) >= 11 is 3.34. The zero-order valence-corrected chi connectivity index (χ0v) is 7.43. The molecule has 0 N–H and O–H groups in total. The topological polar surface area (TPSA) is 41.6 Å². The van der Waals surface area contributed by atoms with Crippen molar-refractivity contribution in [3.8, 4) is 6.07 Å². The number of nitrogens with zero attached hydrogens (tertiary/aromatic N) is 3. The second-order valence-electron chi connectivity index (χ2n) is 2.53. The molecular weight excluding hydrogens is 206 g/mol. The molecular formula is C7H6BrN3. The van der Waals surface area contributed by atoms with Gasteiger partial charge in [0.15, 0.2) is 5.69 Å². The Kier molecular flexibility index (Phi) is 1.46. The zero-order chi connectivity index (χ0) is 7.84. The van der Waals surface area contributed by atoms with Gasteiger partial charge in [-0.25, -0.2) is 4.98 Å². The van der Waals surface area contributed by atoms with Crippen LogP contribution < -0.4 is 0 Å². The normalized spacial score (nSPS) is 14.5. The minimum atomic E-state index is 0.514. The maximum Gasteiger partial charge on any atom is 0.173 e. The van der Waals surface area contributed by atoms with Gasteiger partial charge in [-0.1, -0.05) is 0 Å². The van der Waals surface area contributed by atoms with Gasteiger partial charge in [0.25, 0.3) is 0 Å². The molecule has 0 aliphatic carbocycles. The predicted octanol–water partition coefficient (Wildman–Crippen LogP) is 1.46. The van der Waals surface area contributed by atoms with E-state index in [1.807, 2.05) is 6.07 Å². The van der Waals surface area contributed by atoms with Crippen molar-refractivity contribution in [1.29, 1.82) is 5.26 Å². The lowest BCUT2D eigenvalue weighted by Crippen LogP contribution is -1.91. The molecule has 0 aromatic carbocycles. The number of aryl methyl sites for hydroxylation is 1. The molecule has 0 spiro atoms. The Morgan fingerprint density at radius 2 is 2.45 bits per heavy atom. The number of nitriles is 1. The molecule has 0 fully saturated rings. The molecule has 3 nitrogen and oxygen atoms in total. The van der Waals surface area contributed by atoms with E-state index >= 15 is 0 Å². The number of aromatic nitrogens is 2. The first-order valence-corrected chi connectivity index (χ1v) is 4.27. The van der Waals surface area contributed by atoms with Crippen LogP contribution in [0.25, 0.3) is 0 Å². The molecule has 0 atom stereocenters. The van der Waals surface area contributed by atoms with Crippen LogP contribution in [0.4, 0.5) is 0 Å². The number of rotatable bonds is 0. The molecule has 0 amide bonds. The van der Waals surface area contributed by atoms with Crippen molar-refractivity contribution in [2.24, 2.45) is 0 Å². The first kappa shape index (κ1) is 6.86. The fourth-order valence-electron chi connectivity index (χ4n) is 1.36. The lowest BCUT2D eigenvalue weighted by molar-refractivity contribution is 0.735. The van der Waals surface area contributed by atoms with Crippen LogP contribution in [0.1, 0.15) is 17.9 Å². The van der Waals surface area contributed by atoms with E-state index in [1.54, 1.807) is 0 Å². The molecule has 11 heavy (non-hydrogen) atoms. The number of hydrogen-bond acceptors (Lipinski definition) is 2. The number of hydrogen-bond donors (Lipinski definition) is 0. The summed E-state index contributed by atoms with van der Waals surface area (Å²) in [6, 6.07) is 2.05. The highest BCUT2D eigenvalue weighted by Crippen LogP contribution is 2.23. The molecule has 0 bridgehead atoms. The van der Waals surface area contributed by atoms with Crippen molar-refractivity contribution >= 4 is 15.9 Å². The van der Waals surface area contributed by atoms with Crippen LogP contribution >= 0.6 is 15.9 Å². The molecule has 0 radical (unpaired) electrons. The van der Waals surface area contributed by atoms with E-state index in [0.29, 0.717) is 5.69 Å². The highest BCUT2D eigenvalue weighted by Gasteiger charge is 2.18. The molecule has 0 saturated carbocycles. The molecule has 2 rings (SSSR count). The molecule has 4 heteroatoms. The zero-order valence-electron chi connectivity index (χ0n) is 5.84. The highest BCUT2D eigenvalue weighted by molar-refractivity contribution is 9.10. The summed E-state index contributed by atoms with van der Waals surface area (Å²) in [5.41, 5.74) is 0.514. The van der Waals surface area contributed by atoms with Crippen LogP contribution in [0.3, 0.4) is 0 Å². The quantitative estimate of drug-likeness (QED) is 0.653. The molecule has 2 heterocycles. The number of halogens is 1. The van der Waals surface area contributed by atoms with Gasteiger partial charge in [-0.05, 0) is 22.4 Å². The molecule has 56 valence electrons. The number of imidazole rings is 1. The van der Waals surface area contributed by atoms with Crippen molar-refractivity contribution < 1.29 is 0 Å². The molecule has 0 saturated heterocycles. The second-order valence-corrected chi connectivity index (χ2v) is 3.29. The molecule has 1 aromatic heterocycles. The Labute approximate surface area is 72.8 Å². The van der Waals surface area contributed by atoms with Crippen molar-refractivity contribution in [3.05, 3.63) is 16.1 Å². The Morgan fingerprint density at radius 1 is 1.64 bits per heavy atom. The first-order chi connectivity index (χ1) is 5.33. The van der Waals surface area contributed by atoms with Crippen LogP contribution in [-0.2, 0) is 13.0 Å². The van der Waals surface area contributed by atoms with Gasteiger partial charge in [0.05, 0.1) is 0 Å². The minimum Gasteiger partial charge on any atom is -0.322 e. The van der Waals surface area contributed by atoms with E-state index in [1.165, 1.54) is 0 Å². The Hall–Kier alpha value is -0.820. The van der Waals surface area contributed by atoms with Gasteiger partial charge >= 0.3 is 0 Å². The van der Waals surface area contributed by atoms with Crippen molar-refractivity contribution in [2.45, 2.75) is 19.4 Å². The molecule has 1 aliphatic heterocycles. The van der Waals surface area contributed by atoms with E-state index < -0.39 is 0 Å². The largest absolute Gasteiger partial charge is 0.322 e. The van der Waals surface area contributed by atoms with Gasteiger partial charge < -0.3 is 4.57 Å². The van der Waals surface area contributed by atoms with Crippen LogP contribution in [0.15, 0.2) is 4.60 Å². The summed E-state index contributed by atoms with van der Waals surface area (Å²) in [6.07, 6.45) is 2.15. The van der Waals surface area contributed by atoms with E-state index in [9.17, 15) is 0 Å². The van der Waals surface area contributed by atoms with Crippen LogP contribution in [0.2, 0.25) is 0 Å². The lowest BCUT2D eigenvalue weighted by Gasteiger charge is -1.94. The Morgan fingerprint density at radius 3 is 3.09 bits per heavy atom. The third kappa shape index (κ3) is 0.881. The highest BCUT2D eigenvalue weighted by atomic mass is 79.9. The average molecular weight is 212 g/mol. The van der Waals surface area contributed by atoms with Gasteiger partial charge in [-0.3, -0.25) is 0 Å². The smallest absolute Gasteiger partial charge is 0.173 e. The summed E-state index contributed by atoms with van der Waals surface area (Å²) in [6.45, 7) is 0.991. The van der Waals surface area contributed by atoms with Gasteiger partial charge in [-0.2, -0.15) is 5.26 Å². The van der Waals surface area contributed by atoms with E-state index in [-0.39, 0.29) is 0 Å². The Bertz CT molecular complexity index is 334. The van der Waals surface area contributed by atoms with E-state index in [2.05, 4.69) is 25.5 Å². The monoisotopic (exact) mass is 211 g/mol. The van der Waals surface area contributed by atoms with E-state index in [4.69, 9.17) is 5.26 Å². The average Bonchev–Trinajstić information content (AvgIpc) is 2.53. The van der Waals surface area contributed by atoms with Crippen LogP contribution in [0, 0.1) is 11.3 Å². The third-order valence-electron chi connectivity index (χ3n) is 1.87. The van der Waals surface area contributed by atoms with E-state index in [0.717, 1.165) is 29.8 Å². The maximum absolute atomic E-state index is 8.62. The second kappa shape index (κ2) is 2.35. The predicted molar refractivity (Wildman–Crippen MR) is 43.0 cm³/mol. The standard InChI is InChI=1S/C7H6BrN3/c8-7-5(4-9)10-6-2-1-3-11(6)7/h1-3H2. The lowest BCUT2D eigenvalue weighted by atomic mass is 10.3. The molecule has 1 aliphatic rings. The summed E-state index contributed by atoms with van der Waals surface area (Å²) in [7, 11) is 0. The fourth-order valence-corrected chi connectivity index (χ4v) is 1.92. The van der Waals surface area contributed by atoms with Crippen LogP contribution in [-0.4, -0.2) is 9.55 Å². The first-order valence-electron chi connectivity index (χ1n) is 3.48. The summed E-state index contributed by atoms with van der Waals surface area (Å²) in [5.74, 6) is 1.04. The van der Waals surface area contributed by atoms with Gasteiger partial charge in [0, 0.05) is 13.0 Å². The molecule has 1 aromatic rings.